The summed E-state index contributed by atoms with van der Waals surface area (Å²) in [6, 6.07) is 15.9. The van der Waals surface area contributed by atoms with Gasteiger partial charge in [0, 0.05) is 22.6 Å². The molecule has 3 heteroatoms. The number of carbonyl (C=O) groups excluding carboxylic acids is 1. The normalized spacial score (nSPS) is 15.1. The lowest BCUT2D eigenvalue weighted by Crippen LogP contribution is -2.18. The molecule has 1 heterocycles. The summed E-state index contributed by atoms with van der Waals surface area (Å²) < 4.78 is 0. The molecule has 0 saturated carbocycles. The monoisotopic (exact) mass is 311 g/mol. The van der Waals surface area contributed by atoms with Crippen LogP contribution in [0.2, 0.25) is 0 Å². The zero-order chi connectivity index (χ0) is 15.4. The van der Waals surface area contributed by atoms with Crippen LogP contribution in [0.5, 0.6) is 0 Å². The van der Waals surface area contributed by atoms with Crippen molar-refractivity contribution in [3.8, 4) is 0 Å². The summed E-state index contributed by atoms with van der Waals surface area (Å²) in [6.07, 6.45) is 4.65. The molecule has 1 aliphatic heterocycles. The Morgan fingerprint density at radius 3 is 2.05 bits per heavy atom. The van der Waals surface area contributed by atoms with Crippen molar-refractivity contribution in [2.24, 2.45) is 0 Å². The van der Waals surface area contributed by atoms with Gasteiger partial charge in [-0.1, -0.05) is 24.3 Å². The first kappa shape index (κ1) is 15.3. The zero-order valence-electron chi connectivity index (χ0n) is 12.9. The maximum absolute atomic E-state index is 12.5. The summed E-state index contributed by atoms with van der Waals surface area (Å²) in [5.74, 6) is 0.0976. The Labute approximate surface area is 136 Å². The molecule has 22 heavy (non-hydrogen) atoms. The van der Waals surface area contributed by atoms with Gasteiger partial charge in [0.05, 0.1) is 0 Å². The van der Waals surface area contributed by atoms with Gasteiger partial charge in [0.15, 0.2) is 5.78 Å². The van der Waals surface area contributed by atoms with E-state index in [4.69, 9.17) is 0 Å². The lowest BCUT2D eigenvalue weighted by molar-refractivity contribution is 0.103. The Hall–Kier alpha value is -1.58. The molecule has 2 aromatic rings. The van der Waals surface area contributed by atoms with Gasteiger partial charge in [0.2, 0.25) is 0 Å². The van der Waals surface area contributed by atoms with Crippen molar-refractivity contribution in [1.82, 2.24) is 4.90 Å². The predicted molar refractivity (Wildman–Crippen MR) is 92.6 cm³/mol. The first-order chi connectivity index (χ1) is 10.8. The minimum Gasteiger partial charge on any atom is -0.299 e. The van der Waals surface area contributed by atoms with Gasteiger partial charge in [-0.05, 0) is 62.0 Å². The zero-order valence-corrected chi connectivity index (χ0v) is 13.7. The molecule has 114 valence electrons. The van der Waals surface area contributed by atoms with E-state index in [1.807, 2.05) is 42.7 Å². The fourth-order valence-corrected chi connectivity index (χ4v) is 3.28. The van der Waals surface area contributed by atoms with E-state index in [1.54, 1.807) is 11.8 Å². The molecule has 0 aromatic heterocycles. The highest BCUT2D eigenvalue weighted by molar-refractivity contribution is 7.98. The van der Waals surface area contributed by atoms with Gasteiger partial charge in [0.1, 0.15) is 0 Å². The van der Waals surface area contributed by atoms with Crippen LogP contribution in [-0.4, -0.2) is 30.0 Å². The van der Waals surface area contributed by atoms with Crippen LogP contribution in [0.3, 0.4) is 0 Å². The van der Waals surface area contributed by atoms with E-state index >= 15 is 0 Å². The van der Waals surface area contributed by atoms with Crippen molar-refractivity contribution in [3.05, 3.63) is 65.2 Å². The van der Waals surface area contributed by atoms with Gasteiger partial charge in [-0.3, -0.25) is 9.69 Å². The highest BCUT2D eigenvalue weighted by Crippen LogP contribution is 2.18. The number of rotatable bonds is 5. The standard InChI is InChI=1S/C19H21NOS/c1-22-18-10-8-17(9-11-18)19(21)16-6-4-15(5-7-16)14-20-12-2-3-13-20/h4-11H,2-3,12-14H2,1H3. The van der Waals surface area contributed by atoms with E-state index in [1.165, 1.54) is 36.4 Å². The van der Waals surface area contributed by atoms with E-state index in [9.17, 15) is 4.79 Å². The smallest absolute Gasteiger partial charge is 0.193 e. The highest BCUT2D eigenvalue weighted by atomic mass is 32.2. The molecule has 0 amide bonds. The van der Waals surface area contributed by atoms with Crippen LogP contribution in [0, 0.1) is 0 Å². The van der Waals surface area contributed by atoms with Crippen LogP contribution >= 0.6 is 11.8 Å². The number of hydrogen-bond acceptors (Lipinski definition) is 3. The maximum Gasteiger partial charge on any atom is 0.193 e. The summed E-state index contributed by atoms with van der Waals surface area (Å²) in [5, 5.41) is 0. The molecule has 0 N–H and O–H groups in total. The van der Waals surface area contributed by atoms with Crippen LogP contribution in [-0.2, 0) is 6.54 Å². The molecule has 0 spiro atoms. The SMILES string of the molecule is CSc1ccc(C(=O)c2ccc(CN3CCCC3)cc2)cc1. The fraction of sp³-hybridized carbons (Fsp3) is 0.316. The van der Waals surface area contributed by atoms with Crippen molar-refractivity contribution in [2.75, 3.05) is 19.3 Å². The summed E-state index contributed by atoms with van der Waals surface area (Å²) >= 11 is 1.69. The molecule has 2 nitrogen and oxygen atoms in total. The number of thioether (sulfide) groups is 1. The van der Waals surface area contributed by atoms with Gasteiger partial charge >= 0.3 is 0 Å². The molecule has 0 radical (unpaired) electrons. The first-order valence-corrected chi connectivity index (χ1v) is 8.99. The van der Waals surface area contributed by atoms with Crippen molar-refractivity contribution in [1.29, 1.82) is 0 Å². The molecular formula is C19H21NOS. The van der Waals surface area contributed by atoms with E-state index in [2.05, 4.69) is 17.0 Å². The second-order valence-electron chi connectivity index (χ2n) is 5.74. The lowest BCUT2D eigenvalue weighted by Gasteiger charge is -2.14. The van der Waals surface area contributed by atoms with E-state index in [0.29, 0.717) is 0 Å². The van der Waals surface area contributed by atoms with Gasteiger partial charge in [-0.25, -0.2) is 0 Å². The third kappa shape index (κ3) is 3.60. The summed E-state index contributed by atoms with van der Waals surface area (Å²) in [5.41, 5.74) is 2.81. The first-order valence-electron chi connectivity index (χ1n) is 7.76. The van der Waals surface area contributed by atoms with Crippen molar-refractivity contribution < 1.29 is 4.79 Å². The third-order valence-corrected chi connectivity index (χ3v) is 4.92. The third-order valence-electron chi connectivity index (χ3n) is 4.17. The Morgan fingerprint density at radius 2 is 1.50 bits per heavy atom. The van der Waals surface area contributed by atoms with Gasteiger partial charge in [-0.15, -0.1) is 11.8 Å². The van der Waals surface area contributed by atoms with Gasteiger partial charge in [-0.2, -0.15) is 0 Å². The molecule has 2 aromatic carbocycles. The Balaban J connectivity index is 1.69. The van der Waals surface area contributed by atoms with Crippen molar-refractivity contribution in [2.45, 2.75) is 24.3 Å². The summed E-state index contributed by atoms with van der Waals surface area (Å²) in [7, 11) is 0. The average molecular weight is 311 g/mol. The molecule has 0 bridgehead atoms. The number of ketones is 1. The quantitative estimate of drug-likeness (QED) is 0.608. The summed E-state index contributed by atoms with van der Waals surface area (Å²) in [4.78, 5) is 16.1. The van der Waals surface area contributed by atoms with Crippen molar-refractivity contribution in [3.63, 3.8) is 0 Å². The van der Waals surface area contributed by atoms with Gasteiger partial charge < -0.3 is 0 Å². The molecule has 0 aliphatic carbocycles. The van der Waals surface area contributed by atoms with Crippen LogP contribution in [0.1, 0.15) is 34.3 Å². The molecular weight excluding hydrogens is 290 g/mol. The predicted octanol–water partition coefficient (Wildman–Crippen LogP) is 4.24. The number of carbonyl (C=O) groups is 1. The number of hydrogen-bond donors (Lipinski definition) is 0. The average Bonchev–Trinajstić information content (AvgIpc) is 3.08. The second kappa shape index (κ2) is 7.12. The van der Waals surface area contributed by atoms with Gasteiger partial charge in [0.25, 0.3) is 0 Å². The highest BCUT2D eigenvalue weighted by Gasteiger charge is 2.13. The molecule has 0 unspecified atom stereocenters. The minimum absolute atomic E-state index is 0.0976. The number of nitrogens with zero attached hydrogens (tertiary/aromatic N) is 1. The summed E-state index contributed by atoms with van der Waals surface area (Å²) in [6.45, 7) is 3.39. The molecule has 0 atom stereocenters. The van der Waals surface area contributed by atoms with Crippen molar-refractivity contribution >= 4 is 17.5 Å². The van der Waals surface area contributed by atoms with E-state index in [-0.39, 0.29) is 5.78 Å². The minimum atomic E-state index is 0.0976. The second-order valence-corrected chi connectivity index (χ2v) is 6.62. The molecule has 1 fully saturated rings. The van der Waals surface area contributed by atoms with Crippen LogP contribution in [0.25, 0.3) is 0 Å². The number of likely N-dealkylation sites (tertiary alicyclic amines) is 1. The largest absolute Gasteiger partial charge is 0.299 e. The van der Waals surface area contributed by atoms with E-state index < -0.39 is 0 Å². The topological polar surface area (TPSA) is 20.3 Å². The van der Waals surface area contributed by atoms with Crippen LogP contribution in [0.15, 0.2) is 53.4 Å². The maximum atomic E-state index is 12.5. The Morgan fingerprint density at radius 1 is 0.955 bits per heavy atom. The Kier molecular flexibility index (Phi) is 4.96. The van der Waals surface area contributed by atoms with Crippen LogP contribution < -0.4 is 0 Å². The number of benzene rings is 2. The fourth-order valence-electron chi connectivity index (χ4n) is 2.87. The molecule has 3 rings (SSSR count). The molecule has 1 aliphatic rings. The van der Waals surface area contributed by atoms with E-state index in [0.717, 1.165) is 17.7 Å². The van der Waals surface area contributed by atoms with Crippen LogP contribution in [0.4, 0.5) is 0 Å². The molecule has 1 saturated heterocycles. The lowest BCUT2D eigenvalue weighted by atomic mass is 10.0. The Bertz CT molecular complexity index is 627.